The Labute approximate surface area is 150 Å². The smallest absolute Gasteiger partial charge is 0.120 e. The van der Waals surface area contributed by atoms with Gasteiger partial charge in [0.2, 0.25) is 0 Å². The molecule has 0 radical (unpaired) electrons. The van der Waals surface area contributed by atoms with Gasteiger partial charge in [0.05, 0.1) is 0 Å². The zero-order chi connectivity index (χ0) is 16.1. The second-order valence-electron chi connectivity index (χ2n) is 11.4. The lowest BCUT2D eigenvalue weighted by atomic mass is 9.48. The van der Waals surface area contributed by atoms with Crippen LogP contribution in [0.4, 0.5) is 0 Å². The topological polar surface area (TPSA) is 17.1 Å². The minimum Gasteiger partial charge on any atom is -0.234 e. The Hall–Kier alpha value is -0.810. The van der Waals surface area contributed by atoms with Gasteiger partial charge in [-0.25, -0.2) is 4.79 Å². The van der Waals surface area contributed by atoms with Crippen molar-refractivity contribution in [3.05, 3.63) is 18.2 Å². The number of allylic oxidation sites excluding steroid dienone is 3. The first-order chi connectivity index (χ1) is 12.3. The van der Waals surface area contributed by atoms with Crippen LogP contribution in [0.2, 0.25) is 0 Å². The number of hydrogen-bond donors (Lipinski definition) is 0. The van der Waals surface area contributed by atoms with Gasteiger partial charge in [-0.3, -0.25) is 0 Å². The van der Waals surface area contributed by atoms with E-state index in [1.54, 1.807) is 6.42 Å². The molecule has 8 rings (SSSR count). The molecule has 130 valence electrons. The molecule has 7 saturated carbocycles. The maximum atomic E-state index is 11.8. The van der Waals surface area contributed by atoms with Gasteiger partial charge in [-0.2, -0.15) is 0 Å². The van der Waals surface area contributed by atoms with Crippen LogP contribution in [0.15, 0.2) is 18.2 Å². The van der Waals surface area contributed by atoms with Crippen molar-refractivity contribution >= 4 is 5.94 Å². The first kappa shape index (κ1) is 13.4. The molecule has 8 aliphatic rings. The Kier molecular flexibility index (Phi) is 2.08. The normalized spacial score (nSPS) is 71.4. The summed E-state index contributed by atoms with van der Waals surface area (Å²) >= 11 is 0. The third-order valence-corrected chi connectivity index (χ3v) is 11.7. The van der Waals surface area contributed by atoms with Crippen LogP contribution in [-0.2, 0) is 4.79 Å². The lowest BCUT2D eigenvalue weighted by Gasteiger charge is -2.55. The fourth-order valence-electron chi connectivity index (χ4n) is 12.0. The lowest BCUT2D eigenvalue weighted by molar-refractivity contribution is -0.0627. The summed E-state index contributed by atoms with van der Waals surface area (Å²) in [5, 5.41) is 0. The maximum absolute atomic E-state index is 11.8. The standard InChI is InChI=1S/C24H28O/c25-6-5-24-17-9-15(19-11-1-3-13(7-11)21(17)19)23(24)16-10-18(24)22-14-4-2-12(8-14)20(16)22/h1,3,5,11-23H,2,4,7-10H2. The van der Waals surface area contributed by atoms with E-state index in [0.29, 0.717) is 5.41 Å². The van der Waals surface area contributed by atoms with E-state index in [1.807, 2.05) is 0 Å². The van der Waals surface area contributed by atoms with Crippen LogP contribution < -0.4 is 0 Å². The fourth-order valence-corrected chi connectivity index (χ4v) is 12.0. The highest BCUT2D eigenvalue weighted by Crippen LogP contribution is 2.85. The van der Waals surface area contributed by atoms with E-state index in [4.69, 9.17) is 0 Å². The summed E-state index contributed by atoms with van der Waals surface area (Å²) in [5.74, 6) is 14.7. The quantitative estimate of drug-likeness (QED) is 0.396. The van der Waals surface area contributed by atoms with Crippen molar-refractivity contribution in [2.24, 2.45) is 82.3 Å². The Morgan fingerprint density at radius 3 is 2.28 bits per heavy atom. The average Bonchev–Trinajstić information content (AvgIpc) is 3.46. The van der Waals surface area contributed by atoms with Crippen LogP contribution in [-0.4, -0.2) is 5.94 Å². The van der Waals surface area contributed by atoms with Crippen molar-refractivity contribution < 1.29 is 4.79 Å². The highest BCUT2D eigenvalue weighted by Gasteiger charge is 2.80. The van der Waals surface area contributed by atoms with Gasteiger partial charge in [-0.05, 0) is 115 Å². The molecule has 0 spiro atoms. The molecule has 0 saturated heterocycles. The van der Waals surface area contributed by atoms with Crippen molar-refractivity contribution in [3.63, 3.8) is 0 Å². The molecule has 0 amide bonds. The number of hydrogen-bond acceptors (Lipinski definition) is 1. The Bertz CT molecular complexity index is 760. The van der Waals surface area contributed by atoms with E-state index >= 15 is 0 Å². The van der Waals surface area contributed by atoms with E-state index in [1.165, 1.54) is 32.1 Å². The molecule has 0 aromatic rings. The van der Waals surface area contributed by atoms with Gasteiger partial charge in [-0.15, -0.1) is 0 Å². The second-order valence-corrected chi connectivity index (χ2v) is 11.4. The van der Waals surface area contributed by atoms with Crippen LogP contribution in [0.25, 0.3) is 0 Å². The molecule has 0 aromatic heterocycles. The average molecular weight is 332 g/mol. The van der Waals surface area contributed by atoms with Crippen LogP contribution in [0.3, 0.4) is 0 Å². The molecular formula is C24H28O. The first-order valence-electron chi connectivity index (χ1n) is 11.2. The lowest BCUT2D eigenvalue weighted by Crippen LogP contribution is -2.52. The number of carbonyl (C=O) groups excluding carboxylic acids is 1. The van der Waals surface area contributed by atoms with E-state index < -0.39 is 0 Å². The van der Waals surface area contributed by atoms with E-state index in [2.05, 4.69) is 24.2 Å². The van der Waals surface area contributed by atoms with Gasteiger partial charge in [-0.1, -0.05) is 12.2 Å². The minimum atomic E-state index is 0.294. The van der Waals surface area contributed by atoms with Gasteiger partial charge in [0.25, 0.3) is 0 Å². The van der Waals surface area contributed by atoms with Crippen LogP contribution >= 0.6 is 0 Å². The van der Waals surface area contributed by atoms with Crippen LogP contribution in [0.1, 0.15) is 38.5 Å². The van der Waals surface area contributed by atoms with Crippen LogP contribution in [0, 0.1) is 82.3 Å². The summed E-state index contributed by atoms with van der Waals surface area (Å²) in [6.07, 6.45) is 16.3. The monoisotopic (exact) mass is 332 g/mol. The van der Waals surface area contributed by atoms with Gasteiger partial charge in [0.1, 0.15) is 5.94 Å². The highest BCUT2D eigenvalue weighted by atomic mass is 16.1. The van der Waals surface area contributed by atoms with E-state index in [9.17, 15) is 4.79 Å². The van der Waals surface area contributed by atoms with E-state index in [0.717, 1.165) is 76.9 Å². The summed E-state index contributed by atoms with van der Waals surface area (Å²) in [4.78, 5) is 11.8. The number of fused-ring (bicyclic) bond motifs is 23. The fraction of sp³-hybridized carbons (Fsp3) is 0.833. The molecule has 0 heterocycles. The summed E-state index contributed by atoms with van der Waals surface area (Å²) in [7, 11) is 0. The SMILES string of the molecule is O=C=CC12C3CC(C4C5C=CC(C5)C43)C1C1CC2C2C3CCC(C3)C12. The molecule has 0 aromatic carbocycles. The summed E-state index contributed by atoms with van der Waals surface area (Å²) in [5.41, 5.74) is 0.294. The third-order valence-electron chi connectivity index (χ3n) is 11.7. The minimum absolute atomic E-state index is 0.294. The number of rotatable bonds is 1. The van der Waals surface area contributed by atoms with Gasteiger partial charge >= 0.3 is 0 Å². The molecular weight excluding hydrogens is 304 g/mol. The third kappa shape index (κ3) is 1.15. The predicted octanol–water partition coefficient (Wildman–Crippen LogP) is 4.38. The van der Waals surface area contributed by atoms with Gasteiger partial charge < -0.3 is 0 Å². The van der Waals surface area contributed by atoms with Crippen molar-refractivity contribution in [1.82, 2.24) is 0 Å². The summed E-state index contributed by atoms with van der Waals surface area (Å²) < 4.78 is 0. The van der Waals surface area contributed by atoms with Crippen molar-refractivity contribution in [2.75, 3.05) is 0 Å². The maximum Gasteiger partial charge on any atom is 0.120 e. The molecule has 25 heavy (non-hydrogen) atoms. The van der Waals surface area contributed by atoms with Crippen molar-refractivity contribution in [3.8, 4) is 0 Å². The Morgan fingerprint density at radius 2 is 1.48 bits per heavy atom. The molecule has 14 atom stereocenters. The molecule has 1 nitrogen and oxygen atoms in total. The van der Waals surface area contributed by atoms with Crippen LogP contribution in [0.5, 0.6) is 0 Å². The first-order valence-corrected chi connectivity index (χ1v) is 11.2. The molecule has 1 heteroatoms. The van der Waals surface area contributed by atoms with Gasteiger partial charge in [0.15, 0.2) is 0 Å². The van der Waals surface area contributed by atoms with E-state index in [-0.39, 0.29) is 0 Å². The molecule has 8 bridgehead atoms. The molecule has 7 fully saturated rings. The predicted molar refractivity (Wildman–Crippen MR) is 94.9 cm³/mol. The summed E-state index contributed by atoms with van der Waals surface area (Å²) in [6, 6.07) is 0. The Morgan fingerprint density at radius 1 is 0.800 bits per heavy atom. The zero-order valence-corrected chi connectivity index (χ0v) is 14.9. The molecule has 8 aliphatic carbocycles. The van der Waals surface area contributed by atoms with Crippen molar-refractivity contribution in [1.29, 1.82) is 0 Å². The molecule has 14 unspecified atom stereocenters. The zero-order valence-electron chi connectivity index (χ0n) is 14.9. The molecule has 0 aliphatic heterocycles. The highest BCUT2D eigenvalue weighted by molar-refractivity contribution is 5.51. The van der Waals surface area contributed by atoms with Gasteiger partial charge in [0, 0.05) is 11.5 Å². The Balaban J connectivity index is 1.32. The molecule has 0 N–H and O–H groups in total. The second kappa shape index (κ2) is 3.89. The largest absolute Gasteiger partial charge is 0.234 e. The summed E-state index contributed by atoms with van der Waals surface area (Å²) in [6.45, 7) is 0. The van der Waals surface area contributed by atoms with Crippen molar-refractivity contribution in [2.45, 2.75) is 38.5 Å².